The number of rotatable bonds is 4. The molecule has 0 saturated heterocycles. The maximum atomic E-state index is 12.1. The van der Waals surface area contributed by atoms with E-state index in [1.165, 1.54) is 12.3 Å². The summed E-state index contributed by atoms with van der Waals surface area (Å²) in [6.45, 7) is 1.91. The molecule has 0 fully saturated rings. The van der Waals surface area contributed by atoms with Crippen LogP contribution in [0.5, 0.6) is 0 Å². The fraction of sp³-hybridized carbons (Fsp3) is 0.111. The van der Waals surface area contributed by atoms with Gasteiger partial charge in [-0.25, -0.2) is 0 Å². The SMILES string of the molecule is CC(=O)c1c[nH]c(C(=O)NCc2ccc3ccccc3c2)c1. The molecule has 1 aromatic heterocycles. The van der Waals surface area contributed by atoms with E-state index in [1.807, 2.05) is 30.3 Å². The highest BCUT2D eigenvalue weighted by molar-refractivity contribution is 5.99. The number of Topliss-reactive ketones (excluding diaryl/α,β-unsaturated/α-hetero) is 1. The van der Waals surface area contributed by atoms with Crippen molar-refractivity contribution >= 4 is 22.5 Å². The summed E-state index contributed by atoms with van der Waals surface area (Å²) in [7, 11) is 0. The zero-order valence-corrected chi connectivity index (χ0v) is 12.2. The van der Waals surface area contributed by atoms with Crippen molar-refractivity contribution < 1.29 is 9.59 Å². The first-order valence-electron chi connectivity index (χ1n) is 7.09. The van der Waals surface area contributed by atoms with Gasteiger partial charge in [0.2, 0.25) is 0 Å². The summed E-state index contributed by atoms with van der Waals surface area (Å²) in [4.78, 5) is 26.1. The zero-order chi connectivity index (χ0) is 15.5. The fourth-order valence-corrected chi connectivity index (χ4v) is 2.36. The van der Waals surface area contributed by atoms with Crippen LogP contribution < -0.4 is 5.32 Å². The number of carbonyl (C=O) groups is 2. The smallest absolute Gasteiger partial charge is 0.267 e. The number of ketones is 1. The van der Waals surface area contributed by atoms with Crippen molar-refractivity contribution in [3.8, 4) is 0 Å². The van der Waals surface area contributed by atoms with Crippen molar-refractivity contribution in [2.24, 2.45) is 0 Å². The number of nitrogens with one attached hydrogen (secondary N) is 2. The maximum absolute atomic E-state index is 12.1. The Hall–Kier alpha value is -2.88. The molecule has 0 aliphatic rings. The molecule has 3 rings (SSSR count). The molecule has 2 N–H and O–H groups in total. The normalized spacial score (nSPS) is 10.6. The number of hydrogen-bond acceptors (Lipinski definition) is 2. The number of hydrogen-bond donors (Lipinski definition) is 2. The lowest BCUT2D eigenvalue weighted by molar-refractivity contribution is 0.0946. The van der Waals surface area contributed by atoms with Gasteiger partial charge in [0.1, 0.15) is 5.69 Å². The molecule has 1 amide bonds. The molecule has 2 aromatic carbocycles. The highest BCUT2D eigenvalue weighted by Gasteiger charge is 2.10. The van der Waals surface area contributed by atoms with Crippen LogP contribution in [0.15, 0.2) is 54.7 Å². The minimum atomic E-state index is -0.222. The van der Waals surface area contributed by atoms with E-state index in [2.05, 4.69) is 22.4 Å². The Morgan fingerprint density at radius 3 is 2.55 bits per heavy atom. The van der Waals surface area contributed by atoms with Crippen molar-refractivity contribution in [3.63, 3.8) is 0 Å². The topological polar surface area (TPSA) is 62.0 Å². The molecule has 0 radical (unpaired) electrons. The Labute approximate surface area is 128 Å². The van der Waals surface area contributed by atoms with Gasteiger partial charge in [-0.05, 0) is 35.4 Å². The molecule has 0 saturated carbocycles. The second kappa shape index (κ2) is 5.85. The predicted molar refractivity (Wildman–Crippen MR) is 85.9 cm³/mol. The fourth-order valence-electron chi connectivity index (χ4n) is 2.36. The highest BCUT2D eigenvalue weighted by Crippen LogP contribution is 2.15. The van der Waals surface area contributed by atoms with Crippen LogP contribution in [0, 0.1) is 0 Å². The van der Waals surface area contributed by atoms with E-state index in [-0.39, 0.29) is 11.7 Å². The molecular weight excluding hydrogens is 276 g/mol. The molecule has 4 heteroatoms. The molecule has 3 aromatic rings. The van der Waals surface area contributed by atoms with Crippen molar-refractivity contribution in [2.45, 2.75) is 13.5 Å². The number of H-pyrrole nitrogens is 1. The predicted octanol–water partition coefficient (Wildman–Crippen LogP) is 3.30. The molecule has 0 atom stereocenters. The summed E-state index contributed by atoms with van der Waals surface area (Å²) in [5, 5.41) is 5.17. The van der Waals surface area contributed by atoms with Gasteiger partial charge in [0, 0.05) is 18.3 Å². The third kappa shape index (κ3) is 2.91. The standard InChI is InChI=1S/C18H16N2O2/c1-12(21)16-9-17(19-11-16)18(22)20-10-13-6-7-14-4-2-3-5-15(14)8-13/h2-9,11,19H,10H2,1H3,(H,20,22). The summed E-state index contributed by atoms with van der Waals surface area (Å²) in [6, 6.07) is 15.8. The molecule has 4 nitrogen and oxygen atoms in total. The Morgan fingerprint density at radius 2 is 1.82 bits per heavy atom. The molecule has 0 aliphatic heterocycles. The lowest BCUT2D eigenvalue weighted by Crippen LogP contribution is -2.23. The summed E-state index contributed by atoms with van der Waals surface area (Å²) in [6.07, 6.45) is 1.55. The van der Waals surface area contributed by atoms with Gasteiger partial charge in [0.05, 0.1) is 0 Å². The van der Waals surface area contributed by atoms with Gasteiger partial charge in [0.25, 0.3) is 5.91 Å². The van der Waals surface area contributed by atoms with Gasteiger partial charge < -0.3 is 10.3 Å². The molecular formula is C18H16N2O2. The summed E-state index contributed by atoms with van der Waals surface area (Å²) >= 11 is 0. The summed E-state index contributed by atoms with van der Waals surface area (Å²) in [5.41, 5.74) is 1.94. The third-order valence-corrected chi connectivity index (χ3v) is 3.60. The first-order chi connectivity index (χ1) is 10.6. The van der Waals surface area contributed by atoms with Crippen LogP contribution in [0.25, 0.3) is 10.8 Å². The van der Waals surface area contributed by atoms with Crippen molar-refractivity contribution in [1.82, 2.24) is 10.3 Å². The third-order valence-electron chi connectivity index (χ3n) is 3.60. The lowest BCUT2D eigenvalue weighted by Gasteiger charge is -2.05. The van der Waals surface area contributed by atoms with Crippen molar-refractivity contribution in [3.05, 3.63) is 71.5 Å². The van der Waals surface area contributed by atoms with E-state index in [9.17, 15) is 9.59 Å². The summed E-state index contributed by atoms with van der Waals surface area (Å²) in [5.74, 6) is -0.287. The van der Waals surface area contributed by atoms with E-state index >= 15 is 0 Å². The van der Waals surface area contributed by atoms with Crippen LogP contribution in [-0.4, -0.2) is 16.7 Å². The van der Waals surface area contributed by atoms with Gasteiger partial charge in [0.15, 0.2) is 5.78 Å². The average Bonchev–Trinajstić information content (AvgIpc) is 3.03. The van der Waals surface area contributed by atoms with E-state index in [1.54, 1.807) is 12.3 Å². The second-order valence-corrected chi connectivity index (χ2v) is 5.22. The van der Waals surface area contributed by atoms with Crippen molar-refractivity contribution in [2.75, 3.05) is 0 Å². The van der Waals surface area contributed by atoms with Crippen LogP contribution in [0.1, 0.15) is 33.3 Å². The maximum Gasteiger partial charge on any atom is 0.267 e. The van der Waals surface area contributed by atoms with Gasteiger partial charge in [-0.1, -0.05) is 36.4 Å². The Kier molecular flexibility index (Phi) is 3.74. The number of benzene rings is 2. The number of amides is 1. The van der Waals surface area contributed by atoms with Gasteiger partial charge >= 0.3 is 0 Å². The second-order valence-electron chi connectivity index (χ2n) is 5.22. The monoisotopic (exact) mass is 292 g/mol. The molecule has 1 heterocycles. The lowest BCUT2D eigenvalue weighted by atomic mass is 10.1. The Bertz CT molecular complexity index is 849. The molecule has 0 bridgehead atoms. The molecule has 0 spiro atoms. The van der Waals surface area contributed by atoms with Gasteiger partial charge in [-0.3, -0.25) is 9.59 Å². The van der Waals surface area contributed by atoms with Gasteiger partial charge in [-0.2, -0.15) is 0 Å². The van der Waals surface area contributed by atoms with Crippen molar-refractivity contribution in [1.29, 1.82) is 0 Å². The highest BCUT2D eigenvalue weighted by atomic mass is 16.2. The number of carbonyl (C=O) groups excluding carboxylic acids is 2. The van der Waals surface area contributed by atoms with Crippen LogP contribution in [0.2, 0.25) is 0 Å². The number of fused-ring (bicyclic) bond motifs is 1. The first kappa shape index (κ1) is 14.1. The Morgan fingerprint density at radius 1 is 1.05 bits per heavy atom. The van der Waals surface area contributed by atoms with Crippen LogP contribution in [0.3, 0.4) is 0 Å². The minimum absolute atomic E-state index is 0.0650. The summed E-state index contributed by atoms with van der Waals surface area (Å²) < 4.78 is 0. The van der Waals surface area contributed by atoms with Gasteiger partial charge in [-0.15, -0.1) is 0 Å². The molecule has 0 unspecified atom stereocenters. The van der Waals surface area contributed by atoms with Crippen LogP contribution >= 0.6 is 0 Å². The molecule has 0 aliphatic carbocycles. The number of aromatic nitrogens is 1. The van der Waals surface area contributed by atoms with E-state index in [0.29, 0.717) is 17.8 Å². The first-order valence-corrected chi connectivity index (χ1v) is 7.09. The van der Waals surface area contributed by atoms with Crippen LogP contribution in [-0.2, 0) is 6.54 Å². The zero-order valence-electron chi connectivity index (χ0n) is 12.2. The van der Waals surface area contributed by atoms with E-state index < -0.39 is 0 Å². The van der Waals surface area contributed by atoms with E-state index in [4.69, 9.17) is 0 Å². The minimum Gasteiger partial charge on any atom is -0.356 e. The Balaban J connectivity index is 1.70. The quantitative estimate of drug-likeness (QED) is 0.725. The average molecular weight is 292 g/mol. The number of aromatic amines is 1. The largest absolute Gasteiger partial charge is 0.356 e. The van der Waals surface area contributed by atoms with E-state index in [0.717, 1.165) is 10.9 Å². The molecule has 22 heavy (non-hydrogen) atoms. The van der Waals surface area contributed by atoms with Crippen LogP contribution in [0.4, 0.5) is 0 Å². The molecule has 110 valence electrons.